The van der Waals surface area contributed by atoms with Gasteiger partial charge in [0.2, 0.25) is 0 Å². The molecule has 31 heavy (non-hydrogen) atoms. The van der Waals surface area contributed by atoms with Crippen LogP contribution in [0.15, 0.2) is 47.4 Å². The Labute approximate surface area is 181 Å². The Balaban J connectivity index is 2.30. The molecule has 0 radical (unpaired) electrons. The summed E-state index contributed by atoms with van der Waals surface area (Å²) in [4.78, 5) is 45.1. The van der Waals surface area contributed by atoms with Crippen LogP contribution < -0.4 is 0 Å². The standard InChI is InChI=1S/C20H27N3O7S/c1-4-22(5-2)13-14-23-20(26)21(3)17(29-18(24)11-12-19(25)30-23)15-31(27,28)16-9-7-6-8-10-16/h6-12,17H,4-5,13-15H2,1-3H3/b12-11-. The van der Waals surface area contributed by atoms with E-state index in [0.29, 0.717) is 6.54 Å². The number of benzene rings is 1. The van der Waals surface area contributed by atoms with Crippen LogP contribution in [0.4, 0.5) is 4.79 Å². The monoisotopic (exact) mass is 453 g/mol. The van der Waals surface area contributed by atoms with Crippen LogP contribution in [0.5, 0.6) is 0 Å². The first-order valence-corrected chi connectivity index (χ1v) is 11.5. The van der Waals surface area contributed by atoms with Crippen LogP contribution in [0.2, 0.25) is 0 Å². The lowest BCUT2D eigenvalue weighted by Crippen LogP contribution is -2.52. The van der Waals surface area contributed by atoms with Crippen molar-refractivity contribution in [2.24, 2.45) is 0 Å². The third-order valence-corrected chi connectivity index (χ3v) is 6.45. The highest BCUT2D eigenvalue weighted by Crippen LogP contribution is 2.16. The van der Waals surface area contributed by atoms with Crippen LogP contribution in [0, 0.1) is 0 Å². The zero-order valence-corrected chi connectivity index (χ0v) is 18.6. The van der Waals surface area contributed by atoms with E-state index in [9.17, 15) is 22.8 Å². The molecule has 0 fully saturated rings. The van der Waals surface area contributed by atoms with Gasteiger partial charge in [0, 0.05) is 25.7 Å². The SMILES string of the molecule is CCN(CC)CCN1OC(=O)/C=C\C(=O)OC(CS(=O)(=O)c2ccccc2)N(C)C1=O. The van der Waals surface area contributed by atoms with Gasteiger partial charge in [-0.15, -0.1) is 0 Å². The third kappa shape index (κ3) is 6.79. The zero-order chi connectivity index (χ0) is 23.0. The van der Waals surface area contributed by atoms with Crippen molar-refractivity contribution in [1.29, 1.82) is 0 Å². The predicted molar refractivity (Wildman–Crippen MR) is 111 cm³/mol. The molecule has 10 nitrogen and oxygen atoms in total. The first kappa shape index (κ1) is 24.4. The zero-order valence-electron chi connectivity index (χ0n) is 17.8. The molecular formula is C20H27N3O7S. The molecule has 1 aromatic carbocycles. The van der Waals surface area contributed by atoms with Gasteiger partial charge >= 0.3 is 18.0 Å². The summed E-state index contributed by atoms with van der Waals surface area (Å²) in [5.74, 6) is -2.55. The van der Waals surface area contributed by atoms with Crippen molar-refractivity contribution >= 4 is 27.8 Å². The predicted octanol–water partition coefficient (Wildman–Crippen LogP) is 1.05. The molecule has 1 unspecified atom stereocenters. The molecule has 0 N–H and O–H groups in total. The van der Waals surface area contributed by atoms with E-state index in [1.54, 1.807) is 18.2 Å². The highest BCUT2D eigenvalue weighted by atomic mass is 32.2. The minimum Gasteiger partial charge on any atom is -0.437 e. The Bertz CT molecular complexity index is 914. The lowest BCUT2D eigenvalue weighted by Gasteiger charge is -2.32. The number of cyclic esters (lactones) is 1. The average molecular weight is 454 g/mol. The van der Waals surface area contributed by atoms with Gasteiger partial charge in [0.05, 0.1) is 11.4 Å². The second-order valence-electron chi connectivity index (χ2n) is 6.75. The number of ether oxygens (including phenoxy) is 1. The first-order valence-electron chi connectivity index (χ1n) is 9.83. The molecule has 0 saturated heterocycles. The molecule has 1 aliphatic rings. The van der Waals surface area contributed by atoms with Crippen molar-refractivity contribution in [3.8, 4) is 0 Å². The number of rotatable bonds is 8. The maximum atomic E-state index is 13.0. The number of carbonyl (C=O) groups is 3. The summed E-state index contributed by atoms with van der Waals surface area (Å²) in [5.41, 5.74) is 0. The van der Waals surface area contributed by atoms with Gasteiger partial charge in [0.25, 0.3) is 0 Å². The van der Waals surface area contributed by atoms with Crippen LogP contribution in [-0.4, -0.2) is 86.5 Å². The molecule has 1 aliphatic heterocycles. The first-order chi connectivity index (χ1) is 14.7. The van der Waals surface area contributed by atoms with Gasteiger partial charge in [-0.05, 0) is 25.2 Å². The van der Waals surface area contributed by atoms with E-state index in [1.165, 1.54) is 19.2 Å². The molecule has 11 heteroatoms. The molecule has 2 amide bonds. The Morgan fingerprint density at radius 1 is 1.00 bits per heavy atom. The minimum atomic E-state index is -3.88. The van der Waals surface area contributed by atoms with Crippen LogP contribution >= 0.6 is 0 Å². The molecule has 2 rings (SSSR count). The second kappa shape index (κ2) is 10.9. The molecule has 170 valence electrons. The number of nitrogens with zero attached hydrogens (tertiary/aromatic N) is 3. The van der Waals surface area contributed by atoms with Gasteiger partial charge in [-0.2, -0.15) is 5.06 Å². The number of urea groups is 1. The van der Waals surface area contributed by atoms with Gasteiger partial charge in [-0.25, -0.2) is 22.8 Å². The molecule has 1 atom stereocenters. The summed E-state index contributed by atoms with van der Waals surface area (Å²) in [6, 6.07) is 6.83. The number of sulfone groups is 1. The normalized spacial score (nSPS) is 19.2. The third-order valence-electron chi connectivity index (χ3n) is 4.73. The maximum absolute atomic E-state index is 13.0. The topological polar surface area (TPSA) is 114 Å². The number of hydrogen-bond donors (Lipinski definition) is 0. The van der Waals surface area contributed by atoms with Gasteiger partial charge in [-0.3, -0.25) is 4.90 Å². The highest BCUT2D eigenvalue weighted by Gasteiger charge is 2.34. The van der Waals surface area contributed by atoms with E-state index in [1.807, 2.05) is 18.7 Å². The summed E-state index contributed by atoms with van der Waals surface area (Å²) in [5, 5.41) is 0.840. The lowest BCUT2D eigenvalue weighted by atomic mass is 10.4. The quantitative estimate of drug-likeness (QED) is 0.537. The summed E-state index contributed by atoms with van der Waals surface area (Å²) >= 11 is 0. The van der Waals surface area contributed by atoms with E-state index in [2.05, 4.69) is 0 Å². The number of carbonyl (C=O) groups excluding carboxylic acids is 3. The number of hydroxylamine groups is 2. The smallest absolute Gasteiger partial charge is 0.356 e. The Hall–Kier alpha value is -2.92. The van der Waals surface area contributed by atoms with E-state index >= 15 is 0 Å². The number of hydrogen-bond acceptors (Lipinski definition) is 8. The van der Waals surface area contributed by atoms with Crippen molar-refractivity contribution in [3.63, 3.8) is 0 Å². The van der Waals surface area contributed by atoms with Crippen molar-refractivity contribution < 1.29 is 32.4 Å². The Morgan fingerprint density at radius 2 is 1.61 bits per heavy atom. The van der Waals surface area contributed by atoms with Crippen LogP contribution in [0.1, 0.15) is 13.8 Å². The van der Waals surface area contributed by atoms with Crippen molar-refractivity contribution in [2.45, 2.75) is 25.0 Å². The number of likely N-dealkylation sites (N-methyl/N-ethyl adjacent to an activating group) is 1. The Kier molecular flexibility index (Phi) is 8.57. The van der Waals surface area contributed by atoms with Crippen LogP contribution in [-0.2, 0) is 29.0 Å². The van der Waals surface area contributed by atoms with E-state index in [4.69, 9.17) is 9.57 Å². The van der Waals surface area contributed by atoms with E-state index in [0.717, 1.165) is 35.2 Å². The molecule has 0 aliphatic carbocycles. The molecule has 0 saturated carbocycles. The molecule has 1 heterocycles. The molecule has 0 aromatic heterocycles. The molecule has 0 spiro atoms. The lowest BCUT2D eigenvalue weighted by molar-refractivity contribution is -0.177. The highest BCUT2D eigenvalue weighted by molar-refractivity contribution is 7.91. The molecule has 0 bridgehead atoms. The Morgan fingerprint density at radius 3 is 2.23 bits per heavy atom. The van der Waals surface area contributed by atoms with Gasteiger partial charge < -0.3 is 14.5 Å². The maximum Gasteiger partial charge on any atom is 0.356 e. The van der Waals surface area contributed by atoms with Gasteiger partial charge in [0.1, 0.15) is 5.75 Å². The summed E-state index contributed by atoms with van der Waals surface area (Å²) < 4.78 is 30.8. The average Bonchev–Trinajstić information content (AvgIpc) is 2.76. The second-order valence-corrected chi connectivity index (χ2v) is 8.79. The largest absolute Gasteiger partial charge is 0.437 e. The number of esters is 1. The van der Waals surface area contributed by atoms with E-state index < -0.39 is 39.8 Å². The fourth-order valence-electron chi connectivity index (χ4n) is 2.84. The summed E-state index contributed by atoms with van der Waals surface area (Å²) in [6.07, 6.45) is 0.229. The van der Waals surface area contributed by atoms with E-state index in [-0.39, 0.29) is 11.4 Å². The van der Waals surface area contributed by atoms with Gasteiger partial charge in [-0.1, -0.05) is 32.0 Å². The fourth-order valence-corrected chi connectivity index (χ4v) is 4.27. The van der Waals surface area contributed by atoms with Crippen molar-refractivity contribution in [1.82, 2.24) is 14.9 Å². The van der Waals surface area contributed by atoms with Gasteiger partial charge in [0.15, 0.2) is 16.1 Å². The molecule has 1 aromatic rings. The number of amides is 2. The van der Waals surface area contributed by atoms with Crippen molar-refractivity contribution in [3.05, 3.63) is 42.5 Å². The summed E-state index contributed by atoms with van der Waals surface area (Å²) in [7, 11) is -2.60. The fraction of sp³-hybridized carbons (Fsp3) is 0.450. The van der Waals surface area contributed by atoms with Crippen LogP contribution in [0.25, 0.3) is 0 Å². The molecular weight excluding hydrogens is 426 g/mol. The van der Waals surface area contributed by atoms with Crippen LogP contribution in [0.3, 0.4) is 0 Å². The van der Waals surface area contributed by atoms with Crippen molar-refractivity contribution in [2.75, 3.05) is 39.0 Å². The summed E-state index contributed by atoms with van der Waals surface area (Å²) in [6.45, 7) is 5.86. The minimum absolute atomic E-state index is 0.0318.